The lowest BCUT2D eigenvalue weighted by molar-refractivity contribution is 0.0690. The van der Waals surface area contributed by atoms with Crippen molar-refractivity contribution in [2.75, 3.05) is 25.6 Å². The second-order valence-corrected chi connectivity index (χ2v) is 5.09. The molecule has 0 aliphatic heterocycles. The summed E-state index contributed by atoms with van der Waals surface area (Å²) >= 11 is 0. The highest BCUT2D eigenvalue weighted by molar-refractivity contribution is 5.86. The average molecular weight is 301 g/mol. The summed E-state index contributed by atoms with van der Waals surface area (Å²) in [4.78, 5) is 21.3. The van der Waals surface area contributed by atoms with Crippen molar-refractivity contribution < 1.29 is 14.6 Å². The summed E-state index contributed by atoms with van der Waals surface area (Å²) in [5, 5.41) is 9.12. The fourth-order valence-electron chi connectivity index (χ4n) is 1.90. The molecule has 0 unspecified atom stereocenters. The van der Waals surface area contributed by atoms with Crippen LogP contribution in [0.3, 0.4) is 0 Å². The van der Waals surface area contributed by atoms with E-state index < -0.39 is 5.97 Å². The van der Waals surface area contributed by atoms with Crippen LogP contribution in [0, 0.1) is 6.92 Å². The Hall–Kier alpha value is -2.63. The van der Waals surface area contributed by atoms with E-state index in [-0.39, 0.29) is 5.69 Å². The molecule has 1 aromatic heterocycles. The molecule has 0 fully saturated rings. The Kier molecular flexibility index (Phi) is 4.93. The minimum Gasteiger partial charge on any atom is -0.493 e. The highest BCUT2D eigenvalue weighted by Gasteiger charge is 2.11. The number of benzene rings is 1. The van der Waals surface area contributed by atoms with Crippen LogP contribution >= 0.6 is 0 Å². The summed E-state index contributed by atoms with van der Waals surface area (Å²) < 4.78 is 5.70. The number of ether oxygens (including phenoxy) is 1. The highest BCUT2D eigenvalue weighted by Crippen LogP contribution is 2.16. The maximum atomic E-state index is 11.1. The van der Waals surface area contributed by atoms with Crippen molar-refractivity contribution in [3.8, 4) is 5.75 Å². The van der Waals surface area contributed by atoms with Crippen LogP contribution in [0.5, 0.6) is 5.75 Å². The van der Waals surface area contributed by atoms with Crippen LogP contribution in [0.2, 0.25) is 0 Å². The molecule has 1 aromatic carbocycles. The molecule has 0 aliphatic rings. The molecular formula is C16H19N3O3. The molecular weight excluding hydrogens is 282 g/mol. The molecule has 0 aliphatic carbocycles. The van der Waals surface area contributed by atoms with Gasteiger partial charge in [0.05, 0.1) is 6.61 Å². The monoisotopic (exact) mass is 301 g/mol. The van der Waals surface area contributed by atoms with Crippen LogP contribution in [-0.4, -0.2) is 41.7 Å². The van der Waals surface area contributed by atoms with Crippen molar-refractivity contribution in [2.24, 2.45) is 0 Å². The standard InChI is InChI=1S/C16H19N3O3/c1-11-6-4-5-7-13(11)22-9-8-14-17-12(16(20)21)10-15(18-14)19(2)3/h4-7,10H,8-9H2,1-3H3,(H,20,21). The van der Waals surface area contributed by atoms with Crippen molar-refractivity contribution in [2.45, 2.75) is 13.3 Å². The number of anilines is 1. The predicted octanol–water partition coefficient (Wildman–Crippen LogP) is 2.17. The number of aromatic carboxylic acids is 1. The lowest BCUT2D eigenvalue weighted by Gasteiger charge is -2.13. The number of nitrogens with zero attached hydrogens (tertiary/aromatic N) is 3. The number of carboxylic acids is 1. The summed E-state index contributed by atoms with van der Waals surface area (Å²) in [5.74, 6) is 0.770. The van der Waals surface area contributed by atoms with Crippen LogP contribution < -0.4 is 9.64 Å². The molecule has 0 amide bonds. The number of hydrogen-bond donors (Lipinski definition) is 1. The van der Waals surface area contributed by atoms with E-state index in [0.717, 1.165) is 11.3 Å². The van der Waals surface area contributed by atoms with E-state index in [1.165, 1.54) is 6.07 Å². The van der Waals surface area contributed by atoms with E-state index in [0.29, 0.717) is 24.7 Å². The summed E-state index contributed by atoms with van der Waals surface area (Å²) in [6, 6.07) is 9.18. The van der Waals surface area contributed by atoms with Crippen LogP contribution in [0.15, 0.2) is 30.3 Å². The number of carbonyl (C=O) groups is 1. The summed E-state index contributed by atoms with van der Waals surface area (Å²) in [5.41, 5.74) is 1.04. The third-order valence-corrected chi connectivity index (χ3v) is 3.11. The summed E-state index contributed by atoms with van der Waals surface area (Å²) in [6.07, 6.45) is 0.441. The number of hydrogen-bond acceptors (Lipinski definition) is 5. The highest BCUT2D eigenvalue weighted by atomic mass is 16.5. The van der Waals surface area contributed by atoms with Crippen LogP contribution in [0.1, 0.15) is 21.9 Å². The first-order valence-electron chi connectivity index (χ1n) is 6.94. The Morgan fingerprint density at radius 2 is 2.00 bits per heavy atom. The lowest BCUT2D eigenvalue weighted by atomic mass is 10.2. The van der Waals surface area contributed by atoms with Gasteiger partial charge in [0.1, 0.15) is 17.4 Å². The fourth-order valence-corrected chi connectivity index (χ4v) is 1.90. The zero-order valence-electron chi connectivity index (χ0n) is 12.9. The van der Waals surface area contributed by atoms with Gasteiger partial charge in [0.15, 0.2) is 5.69 Å². The van der Waals surface area contributed by atoms with E-state index >= 15 is 0 Å². The van der Waals surface area contributed by atoms with Gasteiger partial charge in [0, 0.05) is 26.6 Å². The lowest BCUT2D eigenvalue weighted by Crippen LogP contribution is -2.16. The third-order valence-electron chi connectivity index (χ3n) is 3.11. The Labute approximate surface area is 129 Å². The van der Waals surface area contributed by atoms with Gasteiger partial charge in [-0.05, 0) is 18.6 Å². The maximum Gasteiger partial charge on any atom is 0.354 e. The second-order valence-electron chi connectivity index (χ2n) is 5.09. The zero-order valence-corrected chi connectivity index (χ0v) is 12.9. The van der Waals surface area contributed by atoms with E-state index in [2.05, 4.69) is 9.97 Å². The number of carboxylic acid groups (broad SMARTS) is 1. The number of aryl methyl sites for hydroxylation is 1. The van der Waals surface area contributed by atoms with Crippen molar-refractivity contribution in [3.05, 3.63) is 47.4 Å². The fraction of sp³-hybridized carbons (Fsp3) is 0.312. The number of aromatic nitrogens is 2. The van der Waals surface area contributed by atoms with E-state index in [9.17, 15) is 4.79 Å². The largest absolute Gasteiger partial charge is 0.493 e. The molecule has 2 rings (SSSR count). The van der Waals surface area contributed by atoms with Gasteiger partial charge in [-0.15, -0.1) is 0 Å². The van der Waals surface area contributed by atoms with Gasteiger partial charge < -0.3 is 14.7 Å². The molecule has 0 saturated carbocycles. The first-order valence-corrected chi connectivity index (χ1v) is 6.94. The van der Waals surface area contributed by atoms with Crippen LogP contribution in [-0.2, 0) is 6.42 Å². The SMILES string of the molecule is Cc1ccccc1OCCc1nc(C(=O)O)cc(N(C)C)n1. The minimum atomic E-state index is -1.06. The molecule has 1 N–H and O–H groups in total. The van der Waals surface area contributed by atoms with Crippen molar-refractivity contribution in [1.82, 2.24) is 9.97 Å². The molecule has 1 heterocycles. The Bertz CT molecular complexity index is 671. The molecule has 0 radical (unpaired) electrons. The van der Waals surface area contributed by atoms with Crippen molar-refractivity contribution in [3.63, 3.8) is 0 Å². The number of para-hydroxylation sites is 1. The topological polar surface area (TPSA) is 75.6 Å². The molecule has 6 heteroatoms. The molecule has 22 heavy (non-hydrogen) atoms. The Morgan fingerprint density at radius 3 is 2.64 bits per heavy atom. The predicted molar refractivity (Wildman–Crippen MR) is 83.7 cm³/mol. The van der Waals surface area contributed by atoms with Gasteiger partial charge in [-0.25, -0.2) is 14.8 Å². The van der Waals surface area contributed by atoms with Gasteiger partial charge in [-0.2, -0.15) is 0 Å². The van der Waals surface area contributed by atoms with Gasteiger partial charge in [0.2, 0.25) is 0 Å². The normalized spacial score (nSPS) is 10.3. The van der Waals surface area contributed by atoms with Crippen LogP contribution in [0.25, 0.3) is 0 Å². The molecule has 0 bridgehead atoms. The minimum absolute atomic E-state index is 0.00964. The van der Waals surface area contributed by atoms with Gasteiger partial charge >= 0.3 is 5.97 Å². The van der Waals surface area contributed by atoms with E-state index in [4.69, 9.17) is 9.84 Å². The smallest absolute Gasteiger partial charge is 0.354 e. The van der Waals surface area contributed by atoms with Gasteiger partial charge in [-0.1, -0.05) is 18.2 Å². The number of rotatable bonds is 6. The molecule has 2 aromatic rings. The van der Waals surface area contributed by atoms with Crippen LogP contribution in [0.4, 0.5) is 5.82 Å². The third kappa shape index (κ3) is 3.94. The maximum absolute atomic E-state index is 11.1. The average Bonchev–Trinajstić information content (AvgIpc) is 2.49. The molecule has 0 saturated heterocycles. The van der Waals surface area contributed by atoms with Gasteiger partial charge in [-0.3, -0.25) is 0 Å². The Morgan fingerprint density at radius 1 is 1.27 bits per heavy atom. The zero-order chi connectivity index (χ0) is 16.1. The summed E-state index contributed by atoms with van der Waals surface area (Å²) in [7, 11) is 3.61. The first kappa shape index (κ1) is 15.8. The van der Waals surface area contributed by atoms with Gasteiger partial charge in [0.25, 0.3) is 0 Å². The summed E-state index contributed by atoms with van der Waals surface area (Å²) in [6.45, 7) is 2.36. The molecule has 0 spiro atoms. The molecule has 116 valence electrons. The molecule has 0 atom stereocenters. The first-order chi connectivity index (χ1) is 10.5. The van der Waals surface area contributed by atoms with E-state index in [1.807, 2.05) is 45.3 Å². The van der Waals surface area contributed by atoms with E-state index in [1.54, 1.807) is 4.90 Å². The molecule has 6 nitrogen and oxygen atoms in total. The Balaban J connectivity index is 2.09. The van der Waals surface area contributed by atoms with Crippen molar-refractivity contribution >= 4 is 11.8 Å². The van der Waals surface area contributed by atoms with Crippen molar-refractivity contribution in [1.29, 1.82) is 0 Å². The second kappa shape index (κ2) is 6.89. The quantitative estimate of drug-likeness (QED) is 0.881.